The Labute approximate surface area is 107 Å². The summed E-state index contributed by atoms with van der Waals surface area (Å²) in [5.41, 5.74) is 5.29. The zero-order valence-corrected chi connectivity index (χ0v) is 10.7. The van der Waals surface area contributed by atoms with E-state index >= 15 is 0 Å². The van der Waals surface area contributed by atoms with Crippen molar-refractivity contribution in [3.63, 3.8) is 0 Å². The van der Waals surface area contributed by atoms with Crippen molar-refractivity contribution in [2.24, 2.45) is 0 Å². The van der Waals surface area contributed by atoms with Crippen molar-refractivity contribution < 1.29 is 9.53 Å². The minimum absolute atomic E-state index is 0.0618. The summed E-state index contributed by atoms with van der Waals surface area (Å²) in [4.78, 5) is 13.2. The third kappa shape index (κ3) is 3.02. The molecule has 94 valence electrons. The Hall–Kier alpha value is -1.99. The second-order valence-electron chi connectivity index (χ2n) is 4.60. The summed E-state index contributed by atoms with van der Waals surface area (Å²) in [6.07, 6.45) is 2.20. The molecule has 0 N–H and O–H groups in total. The normalized spacial score (nSPS) is 18.2. The smallest absolute Gasteiger partial charge is 0.414 e. The lowest BCUT2D eigenvalue weighted by Gasteiger charge is -2.16. The van der Waals surface area contributed by atoms with E-state index in [9.17, 15) is 4.79 Å². The lowest BCUT2D eigenvalue weighted by atomic mass is 10.1. The average molecular weight is 243 g/mol. The van der Waals surface area contributed by atoms with Crippen LogP contribution in [0.25, 0.3) is 0 Å². The molecule has 1 aliphatic heterocycles. The number of cyclic esters (lactones) is 1. The zero-order valence-electron chi connectivity index (χ0n) is 10.7. The Morgan fingerprint density at radius 1 is 1.44 bits per heavy atom. The van der Waals surface area contributed by atoms with Gasteiger partial charge in [-0.3, -0.25) is 4.90 Å². The molecule has 0 spiro atoms. The van der Waals surface area contributed by atoms with Crippen molar-refractivity contribution >= 4 is 6.09 Å². The number of carbonyl (C=O) groups is 1. The molecule has 1 aromatic rings. The number of carbonyl (C=O) groups excluding carboxylic acids is 1. The Bertz CT molecular complexity index is 482. The largest absolute Gasteiger partial charge is 0.447 e. The molecule has 0 saturated carbocycles. The second-order valence-corrected chi connectivity index (χ2v) is 4.60. The van der Waals surface area contributed by atoms with Gasteiger partial charge in [-0.15, -0.1) is 5.73 Å². The molecule has 0 aliphatic carbocycles. The van der Waals surface area contributed by atoms with Crippen LogP contribution in [0.1, 0.15) is 19.4 Å². The number of allylic oxidation sites excluding steroid dienone is 1. The van der Waals surface area contributed by atoms with E-state index in [2.05, 4.69) is 17.9 Å². The van der Waals surface area contributed by atoms with Gasteiger partial charge in [-0.25, -0.2) is 4.79 Å². The van der Waals surface area contributed by atoms with Crippen LogP contribution in [-0.2, 0) is 11.2 Å². The van der Waals surface area contributed by atoms with Crippen LogP contribution in [-0.4, -0.2) is 23.6 Å². The number of hydrogen-bond donors (Lipinski definition) is 0. The quantitative estimate of drug-likeness (QED) is 0.763. The maximum atomic E-state index is 11.6. The first-order valence-electron chi connectivity index (χ1n) is 6.06. The first-order chi connectivity index (χ1) is 8.66. The molecule has 1 saturated heterocycles. The summed E-state index contributed by atoms with van der Waals surface area (Å²) in [7, 11) is 0. The molecule has 18 heavy (non-hydrogen) atoms. The fourth-order valence-corrected chi connectivity index (χ4v) is 1.87. The Morgan fingerprint density at radius 2 is 2.17 bits per heavy atom. The Balaban J connectivity index is 2.12. The third-order valence-corrected chi connectivity index (χ3v) is 2.81. The molecule has 0 unspecified atom stereocenters. The lowest BCUT2D eigenvalue weighted by Crippen LogP contribution is -2.30. The summed E-state index contributed by atoms with van der Waals surface area (Å²) in [5, 5.41) is 0. The van der Waals surface area contributed by atoms with Gasteiger partial charge >= 0.3 is 6.09 Å². The van der Waals surface area contributed by atoms with Crippen LogP contribution < -0.4 is 0 Å². The molecule has 2 rings (SSSR count). The van der Waals surface area contributed by atoms with Crippen LogP contribution in [0.15, 0.2) is 47.8 Å². The van der Waals surface area contributed by atoms with E-state index in [1.54, 1.807) is 11.1 Å². The van der Waals surface area contributed by atoms with Crippen LogP contribution in [0, 0.1) is 0 Å². The van der Waals surface area contributed by atoms with E-state index in [-0.39, 0.29) is 12.1 Å². The third-order valence-electron chi connectivity index (χ3n) is 2.81. The van der Waals surface area contributed by atoms with Gasteiger partial charge in [0.1, 0.15) is 6.61 Å². The summed E-state index contributed by atoms with van der Waals surface area (Å²) in [6.45, 7) is 4.34. The van der Waals surface area contributed by atoms with Crippen molar-refractivity contribution in [1.29, 1.82) is 0 Å². The van der Waals surface area contributed by atoms with Crippen molar-refractivity contribution in [3.05, 3.63) is 53.4 Å². The standard InChI is InChI=1S/C15H17NO2/c1-12(2)8-9-16-14(11-18-15(16)17)10-13-6-4-3-5-7-13/h3-7,9,14H,10-11H2,1-2H3/t14-/m0/s1. The Morgan fingerprint density at radius 3 is 2.83 bits per heavy atom. The highest BCUT2D eigenvalue weighted by Crippen LogP contribution is 2.17. The van der Waals surface area contributed by atoms with Crippen molar-refractivity contribution in [2.45, 2.75) is 26.3 Å². The summed E-state index contributed by atoms with van der Waals surface area (Å²) >= 11 is 0. The molecule has 3 nitrogen and oxygen atoms in total. The van der Waals surface area contributed by atoms with E-state index in [1.807, 2.05) is 32.0 Å². The highest BCUT2D eigenvalue weighted by Gasteiger charge is 2.31. The van der Waals surface area contributed by atoms with Gasteiger partial charge < -0.3 is 4.74 Å². The fourth-order valence-electron chi connectivity index (χ4n) is 1.87. The summed E-state index contributed by atoms with van der Waals surface area (Å²) in [5.74, 6) is 0. The van der Waals surface area contributed by atoms with Crippen molar-refractivity contribution in [3.8, 4) is 0 Å². The highest BCUT2D eigenvalue weighted by atomic mass is 16.6. The van der Waals surface area contributed by atoms with Crippen LogP contribution in [0.4, 0.5) is 4.79 Å². The Kier molecular flexibility index (Phi) is 3.85. The molecule has 0 aromatic heterocycles. The van der Waals surface area contributed by atoms with Gasteiger partial charge in [0.05, 0.1) is 12.2 Å². The van der Waals surface area contributed by atoms with E-state index in [0.29, 0.717) is 6.61 Å². The first-order valence-corrected chi connectivity index (χ1v) is 6.06. The maximum Gasteiger partial charge on any atom is 0.414 e. The van der Waals surface area contributed by atoms with Crippen molar-refractivity contribution in [1.82, 2.24) is 4.90 Å². The monoisotopic (exact) mass is 243 g/mol. The lowest BCUT2D eigenvalue weighted by molar-refractivity contribution is 0.166. The first kappa shape index (κ1) is 12.5. The van der Waals surface area contributed by atoms with E-state index in [4.69, 9.17) is 4.74 Å². The molecular weight excluding hydrogens is 226 g/mol. The van der Waals surface area contributed by atoms with Gasteiger partial charge in [-0.2, -0.15) is 0 Å². The van der Waals surface area contributed by atoms with Gasteiger partial charge in [0.15, 0.2) is 0 Å². The molecule has 1 aliphatic rings. The molecule has 0 radical (unpaired) electrons. The number of nitrogens with zero attached hydrogens (tertiary/aromatic N) is 1. The SMILES string of the molecule is CC(C)=C=CN1C(=O)OC[C@@H]1Cc1ccccc1. The number of benzene rings is 1. The number of rotatable bonds is 3. The van der Waals surface area contributed by atoms with E-state index in [0.717, 1.165) is 12.0 Å². The molecule has 0 bridgehead atoms. The van der Waals surface area contributed by atoms with Gasteiger partial charge in [-0.1, -0.05) is 30.3 Å². The molecule has 1 fully saturated rings. The predicted molar refractivity (Wildman–Crippen MR) is 70.1 cm³/mol. The van der Waals surface area contributed by atoms with Gasteiger partial charge in [0, 0.05) is 0 Å². The zero-order chi connectivity index (χ0) is 13.0. The van der Waals surface area contributed by atoms with E-state index in [1.165, 1.54) is 5.56 Å². The molecule has 1 aromatic carbocycles. The van der Waals surface area contributed by atoms with Crippen LogP contribution in [0.5, 0.6) is 0 Å². The molecule has 1 amide bonds. The van der Waals surface area contributed by atoms with Gasteiger partial charge in [0.2, 0.25) is 0 Å². The minimum atomic E-state index is -0.287. The molecule has 1 heterocycles. The maximum absolute atomic E-state index is 11.6. The van der Waals surface area contributed by atoms with Gasteiger partial charge in [0.25, 0.3) is 0 Å². The topological polar surface area (TPSA) is 29.5 Å². The molecule has 3 heteroatoms. The fraction of sp³-hybridized carbons (Fsp3) is 0.333. The average Bonchev–Trinajstić information content (AvgIpc) is 2.69. The summed E-state index contributed by atoms with van der Waals surface area (Å²) < 4.78 is 5.09. The van der Waals surface area contributed by atoms with Gasteiger partial charge in [-0.05, 0) is 31.4 Å². The second kappa shape index (κ2) is 5.56. The predicted octanol–water partition coefficient (Wildman–Crippen LogP) is 3.13. The van der Waals surface area contributed by atoms with Crippen LogP contribution in [0.3, 0.4) is 0 Å². The highest BCUT2D eigenvalue weighted by molar-refractivity contribution is 5.71. The molecular formula is C15H17NO2. The number of hydrogen-bond acceptors (Lipinski definition) is 2. The van der Waals surface area contributed by atoms with Crippen LogP contribution in [0.2, 0.25) is 0 Å². The van der Waals surface area contributed by atoms with Crippen molar-refractivity contribution in [2.75, 3.05) is 6.61 Å². The number of amides is 1. The number of ether oxygens (including phenoxy) is 1. The minimum Gasteiger partial charge on any atom is -0.447 e. The molecule has 1 atom stereocenters. The van der Waals surface area contributed by atoms with Crippen LogP contribution >= 0.6 is 0 Å². The van der Waals surface area contributed by atoms with E-state index < -0.39 is 0 Å². The summed E-state index contributed by atoms with van der Waals surface area (Å²) in [6, 6.07) is 10.2.